The van der Waals surface area contributed by atoms with E-state index in [1.165, 1.54) is 48.5 Å². The molecule has 0 saturated heterocycles. The highest BCUT2D eigenvalue weighted by Gasteiger charge is 2.17. The molecule has 3 rings (SSSR count). The molecule has 0 saturated carbocycles. The molecule has 0 atom stereocenters. The van der Waals surface area contributed by atoms with E-state index in [4.69, 9.17) is 11.6 Å². The summed E-state index contributed by atoms with van der Waals surface area (Å²) in [5.41, 5.74) is 0.610. The van der Waals surface area contributed by atoms with Crippen LogP contribution in [-0.2, 0) is 14.6 Å². The molecular formula is C17H13ClFN3O3S2. The molecule has 3 aromatic rings. The number of carbonyl (C=O) groups excluding carboxylic acids is 1. The first-order valence-corrected chi connectivity index (χ1v) is 10.5. The van der Waals surface area contributed by atoms with E-state index in [2.05, 4.69) is 14.7 Å². The Morgan fingerprint density at radius 2 is 1.78 bits per heavy atom. The molecule has 10 heteroatoms. The van der Waals surface area contributed by atoms with Crippen LogP contribution < -0.4 is 5.32 Å². The summed E-state index contributed by atoms with van der Waals surface area (Å²) >= 11 is 6.70. The van der Waals surface area contributed by atoms with Crippen molar-refractivity contribution < 1.29 is 17.6 Å². The monoisotopic (exact) mass is 425 g/mol. The fourth-order valence-corrected chi connectivity index (χ4v) is 4.13. The summed E-state index contributed by atoms with van der Waals surface area (Å²) in [5.74, 6) is -0.854. The quantitative estimate of drug-likeness (QED) is 0.648. The van der Waals surface area contributed by atoms with Crippen LogP contribution >= 0.6 is 23.1 Å². The smallest absolute Gasteiger partial charge is 0.227 e. The Kier molecular flexibility index (Phi) is 5.83. The van der Waals surface area contributed by atoms with E-state index in [0.717, 1.165) is 11.5 Å². The van der Waals surface area contributed by atoms with Gasteiger partial charge in [-0.25, -0.2) is 12.8 Å². The molecule has 1 aromatic heterocycles. The molecule has 0 aliphatic heterocycles. The Morgan fingerprint density at radius 1 is 1.11 bits per heavy atom. The second-order valence-electron chi connectivity index (χ2n) is 5.50. The lowest BCUT2D eigenvalue weighted by Gasteiger charge is -2.04. The first-order chi connectivity index (χ1) is 12.8. The second-order valence-corrected chi connectivity index (χ2v) is 8.80. The summed E-state index contributed by atoms with van der Waals surface area (Å²) in [6, 6.07) is 11.4. The minimum Gasteiger partial charge on any atom is -0.301 e. The molecule has 0 bridgehead atoms. The van der Waals surface area contributed by atoms with Crippen LogP contribution in [0.2, 0.25) is 5.02 Å². The van der Waals surface area contributed by atoms with Crippen LogP contribution in [-0.4, -0.2) is 29.4 Å². The van der Waals surface area contributed by atoms with Gasteiger partial charge in [0.1, 0.15) is 5.82 Å². The van der Waals surface area contributed by atoms with Crippen molar-refractivity contribution in [3.05, 3.63) is 59.4 Å². The summed E-state index contributed by atoms with van der Waals surface area (Å²) in [6.45, 7) is 0. The van der Waals surface area contributed by atoms with Gasteiger partial charge in [-0.05, 0) is 48.5 Å². The molecule has 6 nitrogen and oxygen atoms in total. The number of halogens is 2. The Morgan fingerprint density at radius 3 is 2.44 bits per heavy atom. The van der Waals surface area contributed by atoms with Crippen LogP contribution in [0.5, 0.6) is 0 Å². The molecule has 0 aliphatic rings. The fraction of sp³-hybridized carbons (Fsp3) is 0.118. The summed E-state index contributed by atoms with van der Waals surface area (Å²) in [4.78, 5) is 16.3. The minimum absolute atomic E-state index is 0.106. The average molecular weight is 426 g/mol. The van der Waals surface area contributed by atoms with Gasteiger partial charge in [-0.15, -0.1) is 0 Å². The molecule has 0 aliphatic carbocycles. The van der Waals surface area contributed by atoms with Gasteiger partial charge < -0.3 is 5.32 Å². The first kappa shape index (κ1) is 19.4. The molecule has 0 unspecified atom stereocenters. The van der Waals surface area contributed by atoms with Crippen LogP contribution in [0.25, 0.3) is 11.4 Å². The van der Waals surface area contributed by atoms with Crippen molar-refractivity contribution in [2.24, 2.45) is 0 Å². The molecule has 0 fully saturated rings. The number of hydrogen-bond donors (Lipinski definition) is 1. The molecule has 140 valence electrons. The Balaban J connectivity index is 1.59. The normalized spacial score (nSPS) is 11.3. The minimum atomic E-state index is -3.59. The lowest BCUT2D eigenvalue weighted by atomic mass is 10.2. The van der Waals surface area contributed by atoms with E-state index < -0.39 is 15.7 Å². The first-order valence-electron chi connectivity index (χ1n) is 7.71. The number of anilines is 1. The lowest BCUT2D eigenvalue weighted by Crippen LogP contribution is -2.17. The molecule has 1 N–H and O–H groups in total. The van der Waals surface area contributed by atoms with Gasteiger partial charge in [0, 0.05) is 28.5 Å². The van der Waals surface area contributed by atoms with Gasteiger partial charge in [0.25, 0.3) is 0 Å². The Bertz CT molecular complexity index is 1050. The topological polar surface area (TPSA) is 89.0 Å². The van der Waals surface area contributed by atoms with Gasteiger partial charge in [0.15, 0.2) is 15.7 Å². The zero-order chi connectivity index (χ0) is 19.4. The zero-order valence-corrected chi connectivity index (χ0v) is 16.1. The van der Waals surface area contributed by atoms with Crippen molar-refractivity contribution in [1.29, 1.82) is 0 Å². The van der Waals surface area contributed by atoms with Crippen LogP contribution in [0.15, 0.2) is 53.4 Å². The van der Waals surface area contributed by atoms with Crippen molar-refractivity contribution in [3.63, 3.8) is 0 Å². The highest BCUT2D eigenvalue weighted by molar-refractivity contribution is 7.91. The maximum atomic E-state index is 13.0. The average Bonchev–Trinajstić information content (AvgIpc) is 3.09. The number of carbonyl (C=O) groups is 1. The molecule has 0 radical (unpaired) electrons. The van der Waals surface area contributed by atoms with Gasteiger partial charge in [-0.1, -0.05) is 11.6 Å². The fourth-order valence-electron chi connectivity index (χ4n) is 2.16. The van der Waals surface area contributed by atoms with Crippen molar-refractivity contribution in [2.75, 3.05) is 11.1 Å². The van der Waals surface area contributed by atoms with Crippen molar-refractivity contribution in [1.82, 2.24) is 9.36 Å². The van der Waals surface area contributed by atoms with Crippen LogP contribution in [0.3, 0.4) is 0 Å². The number of amides is 1. The number of rotatable bonds is 6. The Hall–Kier alpha value is -2.36. The molecule has 27 heavy (non-hydrogen) atoms. The summed E-state index contributed by atoms with van der Waals surface area (Å²) < 4.78 is 41.5. The van der Waals surface area contributed by atoms with Crippen LogP contribution in [0.4, 0.5) is 9.52 Å². The third kappa shape index (κ3) is 5.09. The second kappa shape index (κ2) is 8.12. The van der Waals surface area contributed by atoms with Gasteiger partial charge in [0.2, 0.25) is 11.0 Å². The van der Waals surface area contributed by atoms with Crippen LogP contribution in [0.1, 0.15) is 6.42 Å². The van der Waals surface area contributed by atoms with Gasteiger partial charge in [-0.2, -0.15) is 9.36 Å². The third-order valence-electron chi connectivity index (χ3n) is 3.55. The van der Waals surface area contributed by atoms with E-state index >= 15 is 0 Å². The number of nitrogens with one attached hydrogen (secondary N) is 1. The van der Waals surface area contributed by atoms with E-state index in [0.29, 0.717) is 16.4 Å². The predicted molar refractivity (Wildman–Crippen MR) is 102 cm³/mol. The van der Waals surface area contributed by atoms with E-state index in [1.807, 2.05) is 0 Å². The standard InChI is InChI=1S/C17H13ClFN3O3S2/c18-12-3-7-14(8-4-12)27(24,25)10-9-15(23)20-17-21-16(22-26-17)11-1-5-13(19)6-2-11/h1-8H,9-10H2,(H,20,21,22,23). The summed E-state index contributed by atoms with van der Waals surface area (Å²) in [5, 5.41) is 3.19. The number of sulfone groups is 1. The highest BCUT2D eigenvalue weighted by atomic mass is 35.5. The lowest BCUT2D eigenvalue weighted by molar-refractivity contribution is -0.115. The largest absolute Gasteiger partial charge is 0.301 e. The number of hydrogen-bond acceptors (Lipinski definition) is 6. The van der Waals surface area contributed by atoms with E-state index in [9.17, 15) is 17.6 Å². The Labute approximate surface area is 164 Å². The number of benzene rings is 2. The van der Waals surface area contributed by atoms with Crippen LogP contribution in [0, 0.1) is 5.82 Å². The number of aromatic nitrogens is 2. The van der Waals surface area contributed by atoms with Gasteiger partial charge in [0.05, 0.1) is 10.6 Å². The predicted octanol–water partition coefficient (Wildman–Crippen LogP) is 3.80. The van der Waals surface area contributed by atoms with Gasteiger partial charge >= 0.3 is 0 Å². The summed E-state index contributed by atoms with van der Waals surface area (Å²) in [7, 11) is -3.59. The number of nitrogens with zero attached hydrogens (tertiary/aromatic N) is 2. The van der Waals surface area contributed by atoms with E-state index in [1.54, 1.807) is 0 Å². The van der Waals surface area contributed by atoms with Gasteiger partial charge in [-0.3, -0.25) is 4.79 Å². The maximum Gasteiger partial charge on any atom is 0.227 e. The molecule has 1 heterocycles. The molecule has 1 amide bonds. The zero-order valence-electron chi connectivity index (χ0n) is 13.7. The van der Waals surface area contributed by atoms with Crippen molar-refractivity contribution in [3.8, 4) is 11.4 Å². The third-order valence-corrected chi connectivity index (χ3v) is 6.16. The van der Waals surface area contributed by atoms with Crippen molar-refractivity contribution >= 4 is 44.0 Å². The van der Waals surface area contributed by atoms with Crippen molar-refractivity contribution in [2.45, 2.75) is 11.3 Å². The summed E-state index contributed by atoms with van der Waals surface area (Å²) in [6.07, 6.45) is -0.226. The molecule has 2 aromatic carbocycles. The maximum absolute atomic E-state index is 13.0. The molecular weight excluding hydrogens is 413 g/mol. The SMILES string of the molecule is O=C(CCS(=O)(=O)c1ccc(Cl)cc1)Nc1nc(-c2ccc(F)cc2)ns1. The highest BCUT2D eigenvalue weighted by Crippen LogP contribution is 2.22. The molecule has 0 spiro atoms. The van der Waals surface area contributed by atoms with E-state index in [-0.39, 0.29) is 28.0 Å².